The normalized spacial score (nSPS) is 10.5. The molecule has 0 radical (unpaired) electrons. The largest absolute Gasteiger partial charge is 0.244 e. The first kappa shape index (κ1) is 25.0. The minimum absolute atomic E-state index is 0.843. The van der Waals surface area contributed by atoms with Crippen molar-refractivity contribution in [2.24, 2.45) is 0 Å². The molecule has 0 aliphatic carbocycles. The molecule has 0 atom stereocenters. The molecule has 0 spiro atoms. The monoisotopic (exact) mass is 532 g/mol. The van der Waals surface area contributed by atoms with E-state index < -0.39 is 0 Å². The quantitative estimate of drug-likeness (QED) is 0.164. The lowest BCUT2D eigenvalue weighted by Crippen LogP contribution is -1.96. The second-order valence-electron chi connectivity index (χ2n) is 9.94. The standard InChI is InChI=1S/C40H24N2/c1-5-13-29(14-6-1)21-23-33-27-35-25-26-36-28-34(24-22-30-15-7-2-8-16-30)38(32-19-11-4-12-20-32)42-40(36)39(35)41-37(33)31-17-9-3-10-18-31/h1-20,25-28H. The Bertz CT molecular complexity index is 2000. The molecule has 2 heteroatoms. The first-order chi connectivity index (χ1) is 20.8. The van der Waals surface area contributed by atoms with E-state index in [1.54, 1.807) is 0 Å². The number of benzene rings is 5. The Balaban J connectivity index is 1.47. The van der Waals surface area contributed by atoms with Crippen molar-refractivity contribution in [2.45, 2.75) is 0 Å². The Hall–Kier alpha value is -5.96. The highest BCUT2D eigenvalue weighted by Crippen LogP contribution is 2.32. The Kier molecular flexibility index (Phi) is 6.71. The molecule has 194 valence electrons. The number of pyridine rings is 2. The molecule has 2 heterocycles. The zero-order chi connectivity index (χ0) is 28.1. The van der Waals surface area contributed by atoms with Crippen molar-refractivity contribution in [3.05, 3.63) is 168 Å². The lowest BCUT2D eigenvalue weighted by atomic mass is 9.99. The second-order valence-corrected chi connectivity index (χ2v) is 9.94. The third-order valence-corrected chi connectivity index (χ3v) is 7.10. The summed E-state index contributed by atoms with van der Waals surface area (Å²) in [6.07, 6.45) is 0. The van der Waals surface area contributed by atoms with Crippen LogP contribution in [0.2, 0.25) is 0 Å². The van der Waals surface area contributed by atoms with Gasteiger partial charge in [0.15, 0.2) is 0 Å². The molecule has 0 N–H and O–H groups in total. The maximum atomic E-state index is 5.24. The topological polar surface area (TPSA) is 25.8 Å². The van der Waals surface area contributed by atoms with Gasteiger partial charge in [0.05, 0.1) is 33.5 Å². The van der Waals surface area contributed by atoms with Crippen LogP contribution in [0.15, 0.2) is 146 Å². The SMILES string of the molecule is C(#Cc1cc2ccc3cc(C#Cc4ccccc4)c(-c4ccccc4)nc3c2nc1-c1ccccc1)c1ccccc1. The molecule has 2 aromatic heterocycles. The minimum Gasteiger partial charge on any atom is -0.244 e. The Morgan fingerprint density at radius 2 is 0.714 bits per heavy atom. The van der Waals surface area contributed by atoms with E-state index in [1.807, 2.05) is 97.1 Å². The smallest absolute Gasteiger partial charge is 0.0973 e. The van der Waals surface area contributed by atoms with Crippen LogP contribution in [0.4, 0.5) is 0 Å². The van der Waals surface area contributed by atoms with Crippen molar-refractivity contribution in [1.29, 1.82) is 0 Å². The van der Waals surface area contributed by atoms with E-state index in [0.29, 0.717) is 0 Å². The van der Waals surface area contributed by atoms with Crippen LogP contribution in [0.1, 0.15) is 22.3 Å². The molecule has 0 bridgehead atoms. The van der Waals surface area contributed by atoms with Crippen molar-refractivity contribution in [1.82, 2.24) is 9.97 Å². The molecular formula is C40H24N2. The molecule has 7 aromatic rings. The van der Waals surface area contributed by atoms with Gasteiger partial charge >= 0.3 is 0 Å². The fourth-order valence-electron chi connectivity index (χ4n) is 5.02. The van der Waals surface area contributed by atoms with Crippen molar-refractivity contribution in [2.75, 3.05) is 0 Å². The summed E-state index contributed by atoms with van der Waals surface area (Å²) < 4.78 is 0. The average molecular weight is 533 g/mol. The van der Waals surface area contributed by atoms with Crippen LogP contribution in [-0.2, 0) is 0 Å². The van der Waals surface area contributed by atoms with Gasteiger partial charge in [0.25, 0.3) is 0 Å². The van der Waals surface area contributed by atoms with E-state index in [9.17, 15) is 0 Å². The first-order valence-corrected chi connectivity index (χ1v) is 13.9. The second kappa shape index (κ2) is 11.3. The molecule has 2 nitrogen and oxygen atoms in total. The third-order valence-electron chi connectivity index (χ3n) is 7.10. The van der Waals surface area contributed by atoms with Crippen molar-refractivity contribution >= 4 is 21.8 Å². The van der Waals surface area contributed by atoms with Gasteiger partial charge in [-0.25, -0.2) is 9.97 Å². The molecule has 5 aromatic carbocycles. The highest BCUT2D eigenvalue weighted by molar-refractivity contribution is 6.05. The van der Waals surface area contributed by atoms with Gasteiger partial charge in [-0.1, -0.05) is 133 Å². The number of hydrogen-bond donors (Lipinski definition) is 0. The predicted molar refractivity (Wildman–Crippen MR) is 173 cm³/mol. The van der Waals surface area contributed by atoms with Crippen LogP contribution >= 0.6 is 0 Å². The van der Waals surface area contributed by atoms with Crippen LogP contribution in [-0.4, -0.2) is 9.97 Å². The van der Waals surface area contributed by atoms with E-state index in [0.717, 1.165) is 66.6 Å². The van der Waals surface area contributed by atoms with Crippen LogP contribution in [0.3, 0.4) is 0 Å². The zero-order valence-corrected chi connectivity index (χ0v) is 22.8. The van der Waals surface area contributed by atoms with E-state index in [4.69, 9.17) is 9.97 Å². The van der Waals surface area contributed by atoms with Crippen LogP contribution < -0.4 is 0 Å². The molecule has 0 aliphatic rings. The number of rotatable bonds is 2. The Labute approximate surface area is 245 Å². The van der Waals surface area contributed by atoms with Crippen LogP contribution in [0.5, 0.6) is 0 Å². The van der Waals surface area contributed by atoms with E-state index in [2.05, 4.69) is 72.2 Å². The zero-order valence-electron chi connectivity index (χ0n) is 22.8. The molecule has 0 saturated carbocycles. The van der Waals surface area contributed by atoms with Gasteiger partial charge in [-0.2, -0.15) is 0 Å². The summed E-state index contributed by atoms with van der Waals surface area (Å²) in [5, 5.41) is 1.99. The lowest BCUT2D eigenvalue weighted by molar-refractivity contribution is 1.35. The Morgan fingerprint density at radius 3 is 1.10 bits per heavy atom. The maximum absolute atomic E-state index is 5.24. The summed E-state index contributed by atoms with van der Waals surface area (Å²) in [6.45, 7) is 0. The fourth-order valence-corrected chi connectivity index (χ4v) is 5.02. The highest BCUT2D eigenvalue weighted by Gasteiger charge is 2.14. The summed E-state index contributed by atoms with van der Waals surface area (Å²) in [4.78, 5) is 10.5. The minimum atomic E-state index is 0.843. The van der Waals surface area contributed by atoms with Gasteiger partial charge in [-0.3, -0.25) is 0 Å². The average Bonchev–Trinajstić information content (AvgIpc) is 3.07. The summed E-state index contributed by atoms with van der Waals surface area (Å²) in [5.41, 5.74) is 9.10. The summed E-state index contributed by atoms with van der Waals surface area (Å²) >= 11 is 0. The van der Waals surface area contributed by atoms with Gasteiger partial charge in [-0.15, -0.1) is 0 Å². The van der Waals surface area contributed by atoms with Crippen molar-refractivity contribution in [3.63, 3.8) is 0 Å². The third kappa shape index (κ3) is 5.14. The molecule has 0 saturated heterocycles. The highest BCUT2D eigenvalue weighted by atomic mass is 14.8. The van der Waals surface area contributed by atoms with Crippen molar-refractivity contribution < 1.29 is 0 Å². The fraction of sp³-hybridized carbons (Fsp3) is 0. The molecule has 0 fully saturated rings. The molecule has 0 amide bonds. The van der Waals surface area contributed by atoms with E-state index in [-0.39, 0.29) is 0 Å². The number of nitrogens with zero attached hydrogens (tertiary/aromatic N) is 2. The van der Waals surface area contributed by atoms with E-state index >= 15 is 0 Å². The molecular weight excluding hydrogens is 508 g/mol. The predicted octanol–water partition coefficient (Wildman–Crippen LogP) is 8.92. The molecule has 42 heavy (non-hydrogen) atoms. The Morgan fingerprint density at radius 1 is 0.357 bits per heavy atom. The van der Waals surface area contributed by atoms with Crippen LogP contribution in [0, 0.1) is 23.7 Å². The van der Waals surface area contributed by atoms with Gasteiger partial charge in [0.2, 0.25) is 0 Å². The lowest BCUT2D eigenvalue weighted by Gasteiger charge is -2.11. The molecule has 0 aliphatic heterocycles. The van der Waals surface area contributed by atoms with Crippen LogP contribution in [0.25, 0.3) is 44.3 Å². The maximum Gasteiger partial charge on any atom is 0.0973 e. The summed E-state index contributed by atoms with van der Waals surface area (Å²) in [6, 6.07) is 49.0. The number of hydrogen-bond acceptors (Lipinski definition) is 2. The van der Waals surface area contributed by atoms with Gasteiger partial charge in [0.1, 0.15) is 0 Å². The molecule has 0 unspecified atom stereocenters. The van der Waals surface area contributed by atoms with Gasteiger partial charge in [0, 0.05) is 33.0 Å². The molecule has 7 rings (SSSR count). The van der Waals surface area contributed by atoms with Gasteiger partial charge < -0.3 is 0 Å². The first-order valence-electron chi connectivity index (χ1n) is 13.9. The van der Waals surface area contributed by atoms with E-state index in [1.165, 1.54) is 0 Å². The summed E-state index contributed by atoms with van der Waals surface area (Å²) in [5.74, 6) is 13.4. The van der Waals surface area contributed by atoms with Gasteiger partial charge in [-0.05, 0) is 36.4 Å². The summed E-state index contributed by atoms with van der Waals surface area (Å²) in [7, 11) is 0. The number of aromatic nitrogens is 2. The number of fused-ring (bicyclic) bond motifs is 3. The van der Waals surface area contributed by atoms with Crippen molar-refractivity contribution in [3.8, 4) is 46.2 Å².